The van der Waals surface area contributed by atoms with E-state index in [1.54, 1.807) is 0 Å². The first kappa shape index (κ1) is 17.9. The van der Waals surface area contributed by atoms with Crippen LogP contribution in [0, 0.1) is 11.6 Å². The minimum Gasteiger partial charge on any atom is -0.493 e. The van der Waals surface area contributed by atoms with Crippen LogP contribution < -0.4 is 14.2 Å². The van der Waals surface area contributed by atoms with Gasteiger partial charge in [-0.2, -0.15) is 8.78 Å². The number of hydrogen-bond acceptors (Lipinski definition) is 4. The van der Waals surface area contributed by atoms with Gasteiger partial charge in [0.25, 0.3) is 10.0 Å². The van der Waals surface area contributed by atoms with Gasteiger partial charge in [-0.3, -0.25) is 4.72 Å². The third-order valence-electron chi connectivity index (χ3n) is 2.81. The summed E-state index contributed by atoms with van der Waals surface area (Å²) in [4.78, 5) is -0.922. The summed E-state index contributed by atoms with van der Waals surface area (Å²) in [6, 6.07) is 5.21. The van der Waals surface area contributed by atoms with Crippen molar-refractivity contribution in [2.45, 2.75) is 11.5 Å². The van der Waals surface area contributed by atoms with Crippen LogP contribution in [-0.2, 0) is 10.0 Å². The number of alkyl halides is 2. The molecule has 5 nitrogen and oxygen atoms in total. The molecule has 0 radical (unpaired) electrons. The van der Waals surface area contributed by atoms with E-state index < -0.39 is 38.9 Å². The van der Waals surface area contributed by atoms with E-state index in [4.69, 9.17) is 4.74 Å². The van der Waals surface area contributed by atoms with Crippen molar-refractivity contribution in [3.05, 3.63) is 48.0 Å². The molecule has 0 atom stereocenters. The molecule has 0 fully saturated rings. The molecule has 0 spiro atoms. The van der Waals surface area contributed by atoms with E-state index in [0.717, 1.165) is 12.1 Å². The third kappa shape index (κ3) is 4.07. The van der Waals surface area contributed by atoms with Crippen LogP contribution in [0.2, 0.25) is 0 Å². The van der Waals surface area contributed by atoms with Crippen LogP contribution in [0.3, 0.4) is 0 Å². The van der Waals surface area contributed by atoms with Gasteiger partial charge in [0.15, 0.2) is 11.5 Å². The number of rotatable bonds is 6. The number of anilines is 1. The molecule has 0 aliphatic carbocycles. The maximum atomic E-state index is 13.6. The normalized spacial score (nSPS) is 11.4. The predicted molar refractivity (Wildman–Crippen MR) is 76.8 cm³/mol. The highest BCUT2D eigenvalue weighted by molar-refractivity contribution is 7.92. The van der Waals surface area contributed by atoms with E-state index in [1.165, 1.54) is 19.2 Å². The summed E-state index contributed by atoms with van der Waals surface area (Å²) in [5, 5.41) is 0. The fraction of sp³-hybridized carbons (Fsp3) is 0.143. The minimum atomic E-state index is -4.48. The minimum absolute atomic E-state index is 0.0600. The molecule has 0 aliphatic rings. The van der Waals surface area contributed by atoms with Gasteiger partial charge >= 0.3 is 6.61 Å². The number of sulfonamides is 1. The Labute approximate surface area is 134 Å². The molecule has 24 heavy (non-hydrogen) atoms. The highest BCUT2D eigenvalue weighted by Crippen LogP contribution is 2.32. The zero-order valence-corrected chi connectivity index (χ0v) is 12.9. The fourth-order valence-corrected chi connectivity index (χ4v) is 2.96. The van der Waals surface area contributed by atoms with Crippen molar-refractivity contribution < 1.29 is 35.5 Å². The second kappa shape index (κ2) is 6.95. The zero-order valence-electron chi connectivity index (χ0n) is 12.1. The summed E-state index contributed by atoms with van der Waals surface area (Å²) in [5.74, 6) is -2.60. The molecule has 2 aromatic rings. The second-order valence-electron chi connectivity index (χ2n) is 4.42. The maximum Gasteiger partial charge on any atom is 0.387 e. The van der Waals surface area contributed by atoms with Gasteiger partial charge in [0.2, 0.25) is 0 Å². The van der Waals surface area contributed by atoms with E-state index >= 15 is 0 Å². The number of halogens is 4. The molecule has 1 N–H and O–H groups in total. The molecule has 0 bridgehead atoms. The van der Waals surface area contributed by atoms with Gasteiger partial charge in [-0.25, -0.2) is 17.2 Å². The monoisotopic (exact) mass is 365 g/mol. The average Bonchev–Trinajstić information content (AvgIpc) is 2.49. The van der Waals surface area contributed by atoms with Crippen molar-refractivity contribution in [1.29, 1.82) is 0 Å². The molecular weight excluding hydrogens is 354 g/mol. The molecule has 130 valence electrons. The third-order valence-corrected chi connectivity index (χ3v) is 4.21. The van der Waals surface area contributed by atoms with Crippen molar-refractivity contribution in [3.8, 4) is 11.5 Å². The Bertz CT molecular complexity index is 843. The highest BCUT2D eigenvalue weighted by Gasteiger charge is 2.21. The molecule has 0 aliphatic heterocycles. The molecule has 10 heteroatoms. The Balaban J connectivity index is 2.37. The molecule has 0 unspecified atom stereocenters. The smallest absolute Gasteiger partial charge is 0.387 e. The van der Waals surface area contributed by atoms with E-state index in [2.05, 4.69) is 4.74 Å². The van der Waals surface area contributed by atoms with Crippen LogP contribution in [-0.4, -0.2) is 22.1 Å². The molecule has 0 heterocycles. The molecule has 2 aromatic carbocycles. The van der Waals surface area contributed by atoms with E-state index in [9.17, 15) is 26.0 Å². The van der Waals surface area contributed by atoms with Gasteiger partial charge in [-0.1, -0.05) is 0 Å². The SMILES string of the molecule is COc1ccc(NS(=O)(=O)c2cc(F)ccc2F)cc1OC(F)F. The Kier molecular flexibility index (Phi) is 5.17. The molecule has 0 amide bonds. The zero-order chi connectivity index (χ0) is 17.9. The molecular formula is C14H11F4NO4S. The largest absolute Gasteiger partial charge is 0.493 e. The first-order valence-corrected chi connectivity index (χ1v) is 7.82. The molecule has 0 saturated heterocycles. The molecule has 0 aromatic heterocycles. The first-order chi connectivity index (χ1) is 11.2. The lowest BCUT2D eigenvalue weighted by Gasteiger charge is -2.13. The summed E-state index contributed by atoms with van der Waals surface area (Å²) in [5.41, 5.74) is -0.199. The molecule has 0 saturated carbocycles. The van der Waals surface area contributed by atoms with Crippen molar-refractivity contribution in [1.82, 2.24) is 0 Å². The number of methoxy groups -OCH3 is 1. The van der Waals surface area contributed by atoms with Crippen LogP contribution in [0.15, 0.2) is 41.3 Å². The number of ether oxygens (including phenoxy) is 2. The Hall–Kier alpha value is -2.49. The van der Waals surface area contributed by atoms with Crippen molar-refractivity contribution in [2.75, 3.05) is 11.8 Å². The summed E-state index contributed by atoms with van der Waals surface area (Å²) in [6.07, 6.45) is 0. The van der Waals surface area contributed by atoms with Crippen LogP contribution >= 0.6 is 0 Å². The van der Waals surface area contributed by atoms with Gasteiger partial charge in [0, 0.05) is 6.07 Å². The fourth-order valence-electron chi connectivity index (χ4n) is 1.82. The lowest BCUT2D eigenvalue weighted by Crippen LogP contribution is -2.15. The first-order valence-electron chi connectivity index (χ1n) is 6.33. The Morgan fingerprint density at radius 2 is 1.75 bits per heavy atom. The number of hydrogen-bond donors (Lipinski definition) is 1. The van der Waals surface area contributed by atoms with E-state index in [0.29, 0.717) is 12.1 Å². The standard InChI is InChI=1S/C14H11F4NO4S/c1-22-11-5-3-9(7-12(11)23-14(17)18)19-24(20,21)13-6-8(15)2-4-10(13)16/h2-7,14,19H,1H3. The van der Waals surface area contributed by atoms with Gasteiger partial charge in [-0.05, 0) is 30.3 Å². The topological polar surface area (TPSA) is 64.6 Å². The van der Waals surface area contributed by atoms with Gasteiger partial charge in [0.05, 0.1) is 12.8 Å². The second-order valence-corrected chi connectivity index (χ2v) is 6.08. The predicted octanol–water partition coefficient (Wildman–Crippen LogP) is 3.38. The lowest BCUT2D eigenvalue weighted by atomic mass is 10.3. The van der Waals surface area contributed by atoms with Gasteiger partial charge in [0.1, 0.15) is 16.5 Å². The van der Waals surface area contributed by atoms with Crippen LogP contribution in [0.1, 0.15) is 0 Å². The van der Waals surface area contributed by atoms with Crippen LogP contribution in [0.5, 0.6) is 11.5 Å². The molecule has 2 rings (SSSR count). The highest BCUT2D eigenvalue weighted by atomic mass is 32.2. The average molecular weight is 365 g/mol. The van der Waals surface area contributed by atoms with E-state index in [-0.39, 0.29) is 11.4 Å². The number of benzene rings is 2. The van der Waals surface area contributed by atoms with Crippen LogP contribution in [0.25, 0.3) is 0 Å². The van der Waals surface area contributed by atoms with Crippen molar-refractivity contribution in [3.63, 3.8) is 0 Å². The van der Waals surface area contributed by atoms with Gasteiger partial charge < -0.3 is 9.47 Å². The lowest BCUT2D eigenvalue weighted by molar-refractivity contribution is -0.0511. The summed E-state index contributed by atoms with van der Waals surface area (Å²) < 4.78 is 86.7. The van der Waals surface area contributed by atoms with Crippen LogP contribution in [0.4, 0.5) is 23.2 Å². The van der Waals surface area contributed by atoms with Crippen molar-refractivity contribution >= 4 is 15.7 Å². The quantitative estimate of drug-likeness (QED) is 0.797. The summed E-state index contributed by atoms with van der Waals surface area (Å²) in [6.45, 7) is -3.16. The Morgan fingerprint density at radius 3 is 2.38 bits per heavy atom. The van der Waals surface area contributed by atoms with E-state index in [1.807, 2.05) is 4.72 Å². The van der Waals surface area contributed by atoms with Gasteiger partial charge in [-0.15, -0.1) is 0 Å². The maximum absolute atomic E-state index is 13.6. The number of nitrogens with one attached hydrogen (secondary N) is 1. The Morgan fingerprint density at radius 1 is 1.04 bits per heavy atom. The summed E-state index contributed by atoms with van der Waals surface area (Å²) in [7, 11) is -3.27. The van der Waals surface area contributed by atoms with Crippen molar-refractivity contribution in [2.24, 2.45) is 0 Å². The summed E-state index contributed by atoms with van der Waals surface area (Å²) >= 11 is 0.